The van der Waals surface area contributed by atoms with Gasteiger partial charge in [-0.2, -0.15) is 8.42 Å². The van der Waals surface area contributed by atoms with E-state index in [4.69, 9.17) is 4.74 Å². The van der Waals surface area contributed by atoms with Gasteiger partial charge in [-0.25, -0.2) is 4.98 Å². The summed E-state index contributed by atoms with van der Waals surface area (Å²) in [4.78, 5) is 3.79. The summed E-state index contributed by atoms with van der Waals surface area (Å²) in [6, 6.07) is 4.69. The molecule has 2 rings (SSSR count). The fourth-order valence-corrected chi connectivity index (χ4v) is 2.66. The molecule has 0 fully saturated rings. The molecule has 0 atom stereocenters. The third kappa shape index (κ3) is 2.21. The largest absolute Gasteiger partial charge is 0.494 e. The Morgan fingerprint density at radius 2 is 2.17 bits per heavy atom. The Labute approximate surface area is 105 Å². The van der Waals surface area contributed by atoms with E-state index in [2.05, 4.69) is 10.1 Å². The lowest BCUT2D eigenvalue weighted by molar-refractivity contribution is 0.337. The van der Waals surface area contributed by atoms with Crippen molar-refractivity contribution in [2.75, 3.05) is 6.61 Å². The number of rotatable bonds is 4. The van der Waals surface area contributed by atoms with Crippen molar-refractivity contribution >= 4 is 10.0 Å². The maximum absolute atomic E-state index is 12.1. The predicted molar refractivity (Wildman–Crippen MR) is 65.0 cm³/mol. The van der Waals surface area contributed by atoms with Gasteiger partial charge in [-0.15, -0.1) is 9.19 Å². The zero-order valence-corrected chi connectivity index (χ0v) is 10.9. The van der Waals surface area contributed by atoms with E-state index < -0.39 is 10.0 Å². The maximum atomic E-state index is 12.1. The van der Waals surface area contributed by atoms with Crippen LogP contribution in [0.3, 0.4) is 0 Å². The van der Waals surface area contributed by atoms with Gasteiger partial charge in [0.25, 0.3) is 10.0 Å². The monoisotopic (exact) mass is 267 g/mol. The number of aryl methyl sites for hydroxylation is 1. The van der Waals surface area contributed by atoms with Crippen molar-refractivity contribution in [2.45, 2.75) is 18.7 Å². The van der Waals surface area contributed by atoms with Crippen LogP contribution in [0, 0.1) is 6.92 Å². The first kappa shape index (κ1) is 12.6. The number of hydrogen-bond acceptors (Lipinski definition) is 5. The van der Waals surface area contributed by atoms with Crippen molar-refractivity contribution in [1.82, 2.24) is 14.2 Å². The van der Waals surface area contributed by atoms with Gasteiger partial charge in [-0.05, 0) is 37.6 Å². The molecule has 1 aromatic carbocycles. The van der Waals surface area contributed by atoms with Crippen molar-refractivity contribution in [3.05, 3.63) is 36.4 Å². The van der Waals surface area contributed by atoms with E-state index in [0.29, 0.717) is 12.4 Å². The Kier molecular flexibility index (Phi) is 3.33. The highest BCUT2D eigenvalue weighted by atomic mass is 32.2. The van der Waals surface area contributed by atoms with Gasteiger partial charge in [0.1, 0.15) is 18.4 Å². The third-order valence-corrected chi connectivity index (χ3v) is 3.92. The van der Waals surface area contributed by atoms with Gasteiger partial charge in [0, 0.05) is 0 Å². The van der Waals surface area contributed by atoms with Gasteiger partial charge >= 0.3 is 0 Å². The minimum atomic E-state index is -3.66. The molecule has 0 aliphatic rings. The molecule has 1 aromatic heterocycles. The molecule has 7 heteroatoms. The summed E-state index contributed by atoms with van der Waals surface area (Å²) in [6.45, 7) is 4.21. The van der Waals surface area contributed by atoms with Crippen molar-refractivity contribution in [3.8, 4) is 5.75 Å². The maximum Gasteiger partial charge on any atom is 0.284 e. The first-order chi connectivity index (χ1) is 8.55. The molecule has 18 heavy (non-hydrogen) atoms. The zero-order valence-electron chi connectivity index (χ0n) is 10.1. The molecular formula is C11H13N3O3S. The summed E-state index contributed by atoms with van der Waals surface area (Å²) >= 11 is 0. The highest BCUT2D eigenvalue weighted by Gasteiger charge is 2.18. The molecule has 0 aliphatic carbocycles. The molecule has 0 aliphatic heterocycles. The fourth-order valence-electron chi connectivity index (χ4n) is 1.53. The molecule has 0 saturated carbocycles. The second-order valence-electron chi connectivity index (χ2n) is 3.63. The van der Waals surface area contributed by atoms with E-state index in [1.54, 1.807) is 19.1 Å². The van der Waals surface area contributed by atoms with Crippen LogP contribution in [-0.2, 0) is 10.0 Å². The number of aromatic nitrogens is 3. The minimum Gasteiger partial charge on any atom is -0.494 e. The molecule has 6 nitrogen and oxygen atoms in total. The summed E-state index contributed by atoms with van der Waals surface area (Å²) < 4.78 is 30.5. The standard InChI is InChI=1S/C11H13N3O3S/c1-3-17-11-5-4-10(6-9(11)2)18(15,16)14-8-12-7-13-14/h4-8H,3H2,1-2H3. The van der Waals surface area contributed by atoms with E-state index in [-0.39, 0.29) is 4.90 Å². The molecule has 1 heterocycles. The van der Waals surface area contributed by atoms with E-state index in [1.807, 2.05) is 6.92 Å². The molecule has 0 radical (unpaired) electrons. The van der Waals surface area contributed by atoms with Gasteiger partial charge in [0.2, 0.25) is 0 Å². The van der Waals surface area contributed by atoms with Crippen LogP contribution >= 0.6 is 0 Å². The van der Waals surface area contributed by atoms with E-state index in [1.165, 1.54) is 12.4 Å². The zero-order chi connectivity index (χ0) is 13.2. The second kappa shape index (κ2) is 4.77. The molecule has 2 aromatic rings. The molecular weight excluding hydrogens is 254 g/mol. The Bertz CT molecular complexity index is 636. The molecule has 0 N–H and O–H groups in total. The van der Waals surface area contributed by atoms with Crippen molar-refractivity contribution in [3.63, 3.8) is 0 Å². The summed E-state index contributed by atoms with van der Waals surface area (Å²) in [6.07, 6.45) is 2.33. The number of benzene rings is 1. The average molecular weight is 267 g/mol. The summed E-state index contributed by atoms with van der Waals surface area (Å²) in [5, 5.41) is 3.64. The number of hydrogen-bond donors (Lipinski definition) is 0. The number of nitrogens with zero attached hydrogens (tertiary/aromatic N) is 3. The van der Waals surface area contributed by atoms with Crippen LogP contribution in [0.25, 0.3) is 0 Å². The average Bonchev–Trinajstić information content (AvgIpc) is 2.86. The normalized spacial score (nSPS) is 11.4. The first-order valence-electron chi connectivity index (χ1n) is 5.39. The summed E-state index contributed by atoms with van der Waals surface area (Å²) in [7, 11) is -3.66. The van der Waals surface area contributed by atoms with Crippen LogP contribution in [0.4, 0.5) is 0 Å². The molecule has 0 saturated heterocycles. The number of ether oxygens (including phenoxy) is 1. The highest BCUT2D eigenvalue weighted by molar-refractivity contribution is 7.89. The van der Waals surface area contributed by atoms with Crippen molar-refractivity contribution < 1.29 is 13.2 Å². The molecule has 0 unspecified atom stereocenters. The lowest BCUT2D eigenvalue weighted by atomic mass is 10.2. The Morgan fingerprint density at radius 1 is 1.39 bits per heavy atom. The fraction of sp³-hybridized carbons (Fsp3) is 0.273. The lowest BCUT2D eigenvalue weighted by Crippen LogP contribution is -2.13. The van der Waals surface area contributed by atoms with Gasteiger partial charge in [0.05, 0.1) is 11.5 Å². The lowest BCUT2D eigenvalue weighted by Gasteiger charge is -2.09. The van der Waals surface area contributed by atoms with Crippen LogP contribution in [0.1, 0.15) is 12.5 Å². The molecule has 0 bridgehead atoms. The summed E-state index contributed by atoms with van der Waals surface area (Å²) in [5.41, 5.74) is 0.762. The highest BCUT2D eigenvalue weighted by Crippen LogP contribution is 2.22. The molecule has 96 valence electrons. The second-order valence-corrected chi connectivity index (χ2v) is 5.43. The van der Waals surface area contributed by atoms with Gasteiger partial charge in [-0.1, -0.05) is 0 Å². The van der Waals surface area contributed by atoms with Crippen LogP contribution in [0.15, 0.2) is 35.7 Å². The van der Waals surface area contributed by atoms with Crippen molar-refractivity contribution in [2.24, 2.45) is 0 Å². The summed E-state index contributed by atoms with van der Waals surface area (Å²) in [5.74, 6) is 0.676. The smallest absolute Gasteiger partial charge is 0.284 e. The van der Waals surface area contributed by atoms with E-state index in [0.717, 1.165) is 16.0 Å². The Morgan fingerprint density at radius 3 is 2.72 bits per heavy atom. The van der Waals surface area contributed by atoms with Gasteiger partial charge in [0.15, 0.2) is 0 Å². The molecule has 0 amide bonds. The SMILES string of the molecule is CCOc1ccc(S(=O)(=O)n2cncn2)cc1C. The van der Waals surface area contributed by atoms with E-state index in [9.17, 15) is 8.42 Å². The predicted octanol–water partition coefficient (Wildman–Crippen LogP) is 1.22. The van der Waals surface area contributed by atoms with Gasteiger partial charge < -0.3 is 4.74 Å². The first-order valence-corrected chi connectivity index (χ1v) is 6.83. The topological polar surface area (TPSA) is 74.1 Å². The van der Waals surface area contributed by atoms with E-state index >= 15 is 0 Å². The van der Waals surface area contributed by atoms with Crippen molar-refractivity contribution in [1.29, 1.82) is 0 Å². The molecule has 0 spiro atoms. The van der Waals surface area contributed by atoms with Crippen LogP contribution in [0.2, 0.25) is 0 Å². The Balaban J connectivity index is 2.44. The van der Waals surface area contributed by atoms with Crippen LogP contribution < -0.4 is 4.74 Å². The third-order valence-electron chi connectivity index (χ3n) is 2.39. The van der Waals surface area contributed by atoms with Crippen LogP contribution in [-0.4, -0.2) is 29.2 Å². The minimum absolute atomic E-state index is 0.161. The van der Waals surface area contributed by atoms with Gasteiger partial charge in [-0.3, -0.25) is 0 Å². The Hall–Kier alpha value is -1.89. The van der Waals surface area contributed by atoms with Crippen LogP contribution in [0.5, 0.6) is 5.75 Å². The quantitative estimate of drug-likeness (QED) is 0.832.